The Hall–Kier alpha value is -2.65. The highest BCUT2D eigenvalue weighted by Gasteiger charge is 2.31. The van der Waals surface area contributed by atoms with Gasteiger partial charge in [-0.05, 0) is 51.1 Å². The predicted molar refractivity (Wildman–Crippen MR) is 114 cm³/mol. The quantitative estimate of drug-likeness (QED) is 0.172. The third-order valence-electron chi connectivity index (χ3n) is 3.69. The fraction of sp³-hybridized carbons (Fsp3) is 0.333. The maximum atomic E-state index is 12.8. The Morgan fingerprint density at radius 1 is 1.03 bits per heavy atom. The molecule has 2 aromatic carbocycles. The third kappa shape index (κ3) is 7.80. The minimum atomic E-state index is -4.53. The fourth-order valence-electron chi connectivity index (χ4n) is 2.23. The molecule has 0 aliphatic carbocycles. The molecule has 2 aromatic rings. The molecule has 174 valence electrons. The summed E-state index contributed by atoms with van der Waals surface area (Å²) >= 11 is 12.0. The minimum absolute atomic E-state index is 0.00497. The molecule has 2 rings (SSSR count). The van der Waals surface area contributed by atoms with Crippen LogP contribution in [0.15, 0.2) is 41.6 Å². The Balaban J connectivity index is 2.01. The van der Waals surface area contributed by atoms with E-state index in [4.69, 9.17) is 42.3 Å². The zero-order valence-corrected chi connectivity index (χ0v) is 18.8. The maximum absolute atomic E-state index is 12.8. The number of alkyl halides is 3. The average molecular weight is 494 g/mol. The number of benzene rings is 2. The molecule has 0 saturated carbocycles. The zero-order chi connectivity index (χ0) is 23.9. The van der Waals surface area contributed by atoms with E-state index in [1.165, 1.54) is 25.1 Å². The van der Waals surface area contributed by atoms with Gasteiger partial charge in [0.2, 0.25) is 0 Å². The molecule has 0 heterocycles. The summed E-state index contributed by atoms with van der Waals surface area (Å²) in [5, 5.41) is 3.67. The Morgan fingerprint density at radius 3 is 2.38 bits per heavy atom. The fourth-order valence-corrected chi connectivity index (χ4v) is 2.62. The smallest absolute Gasteiger partial charge is 0.416 e. The lowest BCUT2D eigenvalue weighted by Gasteiger charge is -2.16. The minimum Gasteiger partial charge on any atom is -0.477 e. The van der Waals surface area contributed by atoms with E-state index >= 15 is 0 Å². The number of carbonyl (C=O) groups is 1. The van der Waals surface area contributed by atoms with E-state index < -0.39 is 23.8 Å². The van der Waals surface area contributed by atoms with Crippen LogP contribution in [0.2, 0.25) is 10.0 Å². The highest BCUT2D eigenvalue weighted by molar-refractivity contribution is 6.32. The number of hydrogen-bond acceptors (Lipinski definition) is 6. The molecule has 32 heavy (non-hydrogen) atoms. The molecule has 0 radical (unpaired) electrons. The summed E-state index contributed by atoms with van der Waals surface area (Å²) in [6.45, 7) is 5.05. The molecule has 0 N–H and O–H groups in total. The number of halogens is 5. The number of oxime groups is 1. The van der Waals surface area contributed by atoms with Crippen LogP contribution in [0.25, 0.3) is 0 Å². The van der Waals surface area contributed by atoms with E-state index in [0.717, 1.165) is 23.9 Å². The number of nitrogens with zero attached hydrogens (tertiary/aromatic N) is 1. The average Bonchev–Trinajstić information content (AvgIpc) is 2.70. The highest BCUT2D eigenvalue weighted by atomic mass is 35.5. The van der Waals surface area contributed by atoms with Crippen molar-refractivity contribution in [3.63, 3.8) is 0 Å². The van der Waals surface area contributed by atoms with Gasteiger partial charge in [-0.15, -0.1) is 0 Å². The Bertz CT molecular complexity index is 978. The van der Waals surface area contributed by atoms with Gasteiger partial charge in [0.15, 0.2) is 12.7 Å². The van der Waals surface area contributed by atoms with Crippen molar-refractivity contribution in [3.8, 4) is 17.2 Å². The first-order chi connectivity index (χ1) is 15.0. The summed E-state index contributed by atoms with van der Waals surface area (Å²) < 4.78 is 54.4. The molecule has 1 unspecified atom stereocenters. The molecule has 0 saturated heterocycles. The topological polar surface area (TPSA) is 66.4 Å². The van der Waals surface area contributed by atoms with Crippen molar-refractivity contribution < 1.29 is 37.0 Å². The molecule has 0 fully saturated rings. The molecule has 0 spiro atoms. The van der Waals surface area contributed by atoms with Crippen molar-refractivity contribution in [3.05, 3.63) is 52.0 Å². The van der Waals surface area contributed by atoms with Crippen LogP contribution in [0.5, 0.6) is 17.2 Å². The van der Waals surface area contributed by atoms with Gasteiger partial charge in [0.1, 0.15) is 23.9 Å². The highest BCUT2D eigenvalue weighted by Crippen LogP contribution is 2.38. The van der Waals surface area contributed by atoms with Gasteiger partial charge in [-0.25, -0.2) is 4.79 Å². The lowest BCUT2D eigenvalue weighted by Crippen LogP contribution is -2.27. The molecule has 0 aliphatic rings. The van der Waals surface area contributed by atoms with Crippen LogP contribution in [-0.2, 0) is 20.5 Å². The van der Waals surface area contributed by atoms with Crippen molar-refractivity contribution in [2.75, 3.05) is 13.2 Å². The van der Waals surface area contributed by atoms with Gasteiger partial charge in [0.25, 0.3) is 0 Å². The third-order valence-corrected chi connectivity index (χ3v) is 4.30. The molecule has 0 bridgehead atoms. The molecular weight excluding hydrogens is 474 g/mol. The van der Waals surface area contributed by atoms with Crippen molar-refractivity contribution in [2.24, 2.45) is 5.16 Å². The summed E-state index contributed by atoms with van der Waals surface area (Å²) in [6.07, 6.45) is -5.53. The Morgan fingerprint density at radius 2 is 1.75 bits per heavy atom. The number of esters is 1. The lowest BCUT2D eigenvalue weighted by atomic mass is 10.2. The number of carbonyl (C=O) groups excluding carboxylic acids is 1. The molecule has 0 amide bonds. The second-order valence-corrected chi connectivity index (χ2v) is 7.45. The molecule has 0 aromatic heterocycles. The van der Waals surface area contributed by atoms with Crippen LogP contribution >= 0.6 is 23.2 Å². The van der Waals surface area contributed by atoms with Crippen LogP contribution in [0, 0.1) is 0 Å². The Labute approximate surface area is 192 Å². The zero-order valence-electron chi connectivity index (χ0n) is 17.3. The van der Waals surface area contributed by atoms with Gasteiger partial charge >= 0.3 is 12.1 Å². The SMILES string of the molecule is CC(C)=NOCCOC(=O)C(C)Oc1cc(Oc2ccc(C(F)(F)F)cc2Cl)ccc1Cl. The summed E-state index contributed by atoms with van der Waals surface area (Å²) in [6, 6.07) is 7.01. The van der Waals surface area contributed by atoms with E-state index in [1.807, 2.05) is 0 Å². The summed E-state index contributed by atoms with van der Waals surface area (Å²) in [5.41, 5.74) is -0.174. The van der Waals surface area contributed by atoms with Crippen molar-refractivity contribution >= 4 is 34.9 Å². The van der Waals surface area contributed by atoms with E-state index in [-0.39, 0.29) is 40.5 Å². The number of rotatable bonds is 9. The monoisotopic (exact) mass is 493 g/mol. The van der Waals surface area contributed by atoms with E-state index in [1.54, 1.807) is 13.8 Å². The van der Waals surface area contributed by atoms with Gasteiger partial charge < -0.3 is 19.0 Å². The second-order valence-electron chi connectivity index (χ2n) is 6.64. The second kappa shape index (κ2) is 11.3. The largest absolute Gasteiger partial charge is 0.477 e. The van der Waals surface area contributed by atoms with Gasteiger partial charge in [-0.1, -0.05) is 28.4 Å². The predicted octanol–water partition coefficient (Wildman–Crippen LogP) is 6.53. The van der Waals surface area contributed by atoms with E-state index in [2.05, 4.69) is 5.16 Å². The standard InChI is InChI=1S/C21H20Cl2F3NO5/c1-12(2)27-30-9-8-29-20(28)13(3)31-19-11-15(5-6-16(19)22)32-18-7-4-14(10-17(18)23)21(24,25)26/h4-7,10-11,13H,8-9H2,1-3H3. The lowest BCUT2D eigenvalue weighted by molar-refractivity contribution is -0.152. The van der Waals surface area contributed by atoms with E-state index in [0.29, 0.717) is 0 Å². The van der Waals surface area contributed by atoms with Crippen LogP contribution in [0.1, 0.15) is 26.3 Å². The van der Waals surface area contributed by atoms with Crippen molar-refractivity contribution in [1.82, 2.24) is 0 Å². The maximum Gasteiger partial charge on any atom is 0.416 e. The normalized spacial score (nSPS) is 12.0. The molecule has 1 atom stereocenters. The number of ether oxygens (including phenoxy) is 3. The first kappa shape index (κ1) is 25.6. The van der Waals surface area contributed by atoms with Gasteiger partial charge in [-0.2, -0.15) is 13.2 Å². The molecule has 11 heteroatoms. The first-order valence-electron chi connectivity index (χ1n) is 9.28. The summed E-state index contributed by atoms with van der Waals surface area (Å²) in [5.74, 6) is -0.351. The molecular formula is C21H20Cl2F3NO5. The summed E-state index contributed by atoms with van der Waals surface area (Å²) in [7, 11) is 0. The van der Waals surface area contributed by atoms with Crippen molar-refractivity contribution in [1.29, 1.82) is 0 Å². The number of hydrogen-bond donors (Lipinski definition) is 0. The van der Waals surface area contributed by atoms with Crippen LogP contribution in [0.3, 0.4) is 0 Å². The van der Waals surface area contributed by atoms with E-state index in [9.17, 15) is 18.0 Å². The molecule has 0 aliphatic heterocycles. The van der Waals surface area contributed by atoms with Gasteiger partial charge in [-0.3, -0.25) is 0 Å². The van der Waals surface area contributed by atoms with Gasteiger partial charge in [0, 0.05) is 6.07 Å². The van der Waals surface area contributed by atoms with Crippen LogP contribution in [0.4, 0.5) is 13.2 Å². The van der Waals surface area contributed by atoms with Crippen LogP contribution in [-0.4, -0.2) is 31.0 Å². The summed E-state index contributed by atoms with van der Waals surface area (Å²) in [4.78, 5) is 17.0. The van der Waals surface area contributed by atoms with Gasteiger partial charge in [0.05, 0.1) is 21.3 Å². The molecule has 6 nitrogen and oxygen atoms in total. The van der Waals surface area contributed by atoms with Crippen molar-refractivity contribution in [2.45, 2.75) is 33.1 Å². The van der Waals surface area contributed by atoms with Crippen LogP contribution < -0.4 is 9.47 Å². The first-order valence-corrected chi connectivity index (χ1v) is 10.0. The Kier molecular flexibility index (Phi) is 9.03.